The summed E-state index contributed by atoms with van der Waals surface area (Å²) in [5, 5.41) is 38.5. The highest BCUT2D eigenvalue weighted by atomic mass is 16.6. The van der Waals surface area contributed by atoms with Gasteiger partial charge in [0.25, 0.3) is 5.91 Å². The van der Waals surface area contributed by atoms with Gasteiger partial charge >= 0.3 is 5.69 Å². The monoisotopic (exact) mass is 437 g/mol. The van der Waals surface area contributed by atoms with Gasteiger partial charge < -0.3 is 20.5 Å². The van der Waals surface area contributed by atoms with Crippen LogP contribution in [-0.4, -0.2) is 42.8 Å². The normalized spacial score (nSPS) is 15.0. The summed E-state index contributed by atoms with van der Waals surface area (Å²) in [6.07, 6.45) is 0. The number of aromatic nitrogens is 4. The van der Waals surface area contributed by atoms with Gasteiger partial charge in [0.05, 0.1) is 22.8 Å². The number of anilines is 2. The van der Waals surface area contributed by atoms with Crippen LogP contribution >= 0.6 is 0 Å². The lowest BCUT2D eigenvalue weighted by Gasteiger charge is -2.28. The Morgan fingerprint density at radius 3 is 2.88 bits per heavy atom. The maximum absolute atomic E-state index is 13.4. The number of amides is 1. The van der Waals surface area contributed by atoms with Gasteiger partial charge in [-0.05, 0) is 48.0 Å². The third-order valence-electron chi connectivity index (χ3n) is 4.91. The second-order valence-corrected chi connectivity index (χ2v) is 6.90. The molecule has 12 nitrogen and oxygen atoms in total. The quantitative estimate of drug-likeness (QED) is 0.389. The topological polar surface area (TPSA) is 157 Å². The predicted molar refractivity (Wildman–Crippen MR) is 113 cm³/mol. The van der Waals surface area contributed by atoms with Crippen molar-refractivity contribution in [3.63, 3.8) is 0 Å². The molecule has 2 heterocycles. The average Bonchev–Trinajstić information content (AvgIpc) is 3.22. The van der Waals surface area contributed by atoms with E-state index in [0.717, 1.165) is 0 Å². The number of allylic oxidation sites excluding steroid dienone is 1. The molecule has 4 rings (SSSR count). The molecule has 1 aliphatic rings. The number of aromatic hydroxyl groups is 1. The molecular formula is C20H19N7O5. The number of phenolic OH excluding ortho intramolecular Hbond substituents is 1. The van der Waals surface area contributed by atoms with Crippen LogP contribution in [0.1, 0.15) is 25.5 Å². The molecule has 0 aliphatic carbocycles. The number of fused-ring (bicyclic) bond motifs is 1. The molecule has 0 bridgehead atoms. The van der Waals surface area contributed by atoms with E-state index in [2.05, 4.69) is 26.2 Å². The highest BCUT2D eigenvalue weighted by Crippen LogP contribution is 2.38. The number of carbonyl (C=O) groups is 1. The van der Waals surface area contributed by atoms with Crippen LogP contribution in [0.25, 0.3) is 0 Å². The smallest absolute Gasteiger partial charge is 0.311 e. The Kier molecular flexibility index (Phi) is 5.41. The van der Waals surface area contributed by atoms with E-state index in [9.17, 15) is 20.0 Å². The van der Waals surface area contributed by atoms with Crippen molar-refractivity contribution in [2.45, 2.75) is 19.9 Å². The maximum atomic E-state index is 13.4. The summed E-state index contributed by atoms with van der Waals surface area (Å²) in [6.45, 7) is 3.94. The van der Waals surface area contributed by atoms with Gasteiger partial charge in [-0.25, -0.2) is 0 Å². The first-order valence-corrected chi connectivity index (χ1v) is 9.66. The summed E-state index contributed by atoms with van der Waals surface area (Å²) in [5.41, 5.74) is 1.05. The van der Waals surface area contributed by atoms with Gasteiger partial charge in [-0.15, -0.1) is 0 Å². The third-order valence-corrected chi connectivity index (χ3v) is 4.91. The lowest BCUT2D eigenvalue weighted by atomic mass is 9.94. The van der Waals surface area contributed by atoms with Crippen LogP contribution in [0.4, 0.5) is 17.3 Å². The highest BCUT2D eigenvalue weighted by molar-refractivity contribution is 6.06. The minimum atomic E-state index is -0.875. The van der Waals surface area contributed by atoms with Crippen molar-refractivity contribution in [1.29, 1.82) is 0 Å². The Morgan fingerprint density at radius 1 is 1.34 bits per heavy atom. The standard InChI is InChI=1S/C20H19N7O5/c1-3-32-16-7-5-4-6-13(16)22-19(29)17-11(2)21-20-23-24-25-26(20)18(17)12-8-9-15(28)14(10-12)27(30)31/h4-10,18,28H,3H2,1-2H3,(H,22,29)(H,21,23,25). The minimum Gasteiger partial charge on any atom is -0.502 e. The van der Waals surface area contributed by atoms with E-state index in [-0.39, 0.29) is 11.5 Å². The Morgan fingerprint density at radius 2 is 2.12 bits per heavy atom. The van der Waals surface area contributed by atoms with Crippen molar-refractivity contribution in [2.24, 2.45) is 0 Å². The van der Waals surface area contributed by atoms with Gasteiger partial charge in [0.2, 0.25) is 5.95 Å². The first-order valence-electron chi connectivity index (χ1n) is 9.66. The number of hydrogen-bond acceptors (Lipinski definition) is 9. The zero-order valence-electron chi connectivity index (χ0n) is 17.1. The molecule has 0 fully saturated rings. The largest absolute Gasteiger partial charge is 0.502 e. The van der Waals surface area contributed by atoms with Crippen LogP contribution in [0.5, 0.6) is 11.5 Å². The first kappa shape index (κ1) is 20.8. The van der Waals surface area contributed by atoms with Gasteiger partial charge in [-0.1, -0.05) is 23.3 Å². The second-order valence-electron chi connectivity index (χ2n) is 6.90. The number of nitrogens with one attached hydrogen (secondary N) is 2. The van der Waals surface area contributed by atoms with Crippen molar-refractivity contribution in [3.8, 4) is 11.5 Å². The third kappa shape index (κ3) is 3.69. The van der Waals surface area contributed by atoms with Crippen LogP contribution in [0.3, 0.4) is 0 Å². The molecule has 0 spiro atoms. The SMILES string of the molecule is CCOc1ccccc1NC(=O)C1=C(C)Nc2nnnn2C1c1ccc(O)c([N+](=O)[O-])c1. The zero-order valence-corrected chi connectivity index (χ0v) is 17.1. The summed E-state index contributed by atoms with van der Waals surface area (Å²) < 4.78 is 6.93. The van der Waals surface area contributed by atoms with Gasteiger partial charge in [0.1, 0.15) is 11.8 Å². The van der Waals surface area contributed by atoms with E-state index in [4.69, 9.17) is 4.74 Å². The van der Waals surface area contributed by atoms with Crippen molar-refractivity contribution < 1.29 is 19.6 Å². The molecule has 2 aromatic carbocycles. The molecule has 12 heteroatoms. The molecule has 32 heavy (non-hydrogen) atoms. The minimum absolute atomic E-state index is 0.246. The number of ether oxygens (including phenoxy) is 1. The van der Waals surface area contributed by atoms with E-state index in [1.165, 1.54) is 22.9 Å². The van der Waals surface area contributed by atoms with Gasteiger partial charge in [-0.2, -0.15) is 4.68 Å². The number of nitrogens with zero attached hydrogens (tertiary/aromatic N) is 5. The lowest BCUT2D eigenvalue weighted by Crippen LogP contribution is -2.31. The first-order chi connectivity index (χ1) is 15.4. The van der Waals surface area contributed by atoms with Crippen LogP contribution in [0.2, 0.25) is 0 Å². The Bertz CT molecular complexity index is 1240. The number of para-hydroxylation sites is 2. The molecule has 164 valence electrons. The predicted octanol–water partition coefficient (Wildman–Crippen LogP) is 2.61. The van der Waals surface area contributed by atoms with Gasteiger partial charge in [0.15, 0.2) is 5.75 Å². The molecule has 0 saturated carbocycles. The number of benzene rings is 2. The zero-order chi connectivity index (χ0) is 22.8. The summed E-state index contributed by atoms with van der Waals surface area (Å²) in [7, 11) is 0. The van der Waals surface area contributed by atoms with E-state index in [1.54, 1.807) is 31.2 Å². The molecule has 1 amide bonds. The van der Waals surface area contributed by atoms with Crippen molar-refractivity contribution in [3.05, 3.63) is 69.4 Å². The maximum Gasteiger partial charge on any atom is 0.311 e. The van der Waals surface area contributed by atoms with Crippen molar-refractivity contribution in [2.75, 3.05) is 17.2 Å². The second kappa shape index (κ2) is 8.34. The van der Waals surface area contributed by atoms with Crippen LogP contribution in [0, 0.1) is 10.1 Å². The number of carbonyl (C=O) groups excluding carboxylic acids is 1. The summed E-state index contributed by atoms with van der Waals surface area (Å²) >= 11 is 0. The molecule has 1 atom stereocenters. The number of phenols is 1. The molecule has 1 aliphatic heterocycles. The van der Waals surface area contributed by atoms with Crippen LogP contribution in [0.15, 0.2) is 53.7 Å². The number of nitro groups is 1. The molecular weight excluding hydrogens is 418 g/mol. The highest BCUT2D eigenvalue weighted by Gasteiger charge is 2.35. The van der Waals surface area contributed by atoms with Crippen molar-refractivity contribution in [1.82, 2.24) is 20.2 Å². The summed E-state index contributed by atoms with van der Waals surface area (Å²) in [5.74, 6) is -0.175. The molecule has 0 radical (unpaired) electrons. The fraction of sp³-hybridized carbons (Fsp3) is 0.200. The van der Waals surface area contributed by atoms with Crippen LogP contribution in [-0.2, 0) is 4.79 Å². The number of tetrazole rings is 1. The number of nitro benzene ring substituents is 1. The van der Waals surface area contributed by atoms with Crippen LogP contribution < -0.4 is 15.4 Å². The Hall–Kier alpha value is -4.48. The fourth-order valence-corrected chi connectivity index (χ4v) is 3.51. The van der Waals surface area contributed by atoms with E-state index in [0.29, 0.717) is 29.3 Å². The fourth-order valence-electron chi connectivity index (χ4n) is 3.51. The Balaban J connectivity index is 1.79. The lowest BCUT2D eigenvalue weighted by molar-refractivity contribution is -0.385. The average molecular weight is 437 g/mol. The number of rotatable bonds is 6. The molecule has 3 N–H and O–H groups in total. The van der Waals surface area contributed by atoms with Gasteiger partial charge in [0, 0.05) is 11.8 Å². The molecule has 0 saturated heterocycles. The summed E-state index contributed by atoms with van der Waals surface area (Å²) in [4.78, 5) is 24.1. The van der Waals surface area contributed by atoms with Gasteiger partial charge in [-0.3, -0.25) is 14.9 Å². The van der Waals surface area contributed by atoms with E-state index in [1.807, 2.05) is 6.92 Å². The van der Waals surface area contributed by atoms with Crippen molar-refractivity contribution >= 4 is 23.2 Å². The summed E-state index contributed by atoms with van der Waals surface area (Å²) in [6, 6.07) is 10.0. The van der Waals surface area contributed by atoms with E-state index < -0.39 is 28.3 Å². The number of hydrogen-bond donors (Lipinski definition) is 3. The molecule has 1 unspecified atom stereocenters. The Labute approximate surface area is 181 Å². The molecule has 1 aromatic heterocycles. The van der Waals surface area contributed by atoms with E-state index >= 15 is 0 Å². The molecule has 3 aromatic rings.